The van der Waals surface area contributed by atoms with Crippen LogP contribution in [0.2, 0.25) is 0 Å². The molecule has 3 saturated carbocycles. The summed E-state index contributed by atoms with van der Waals surface area (Å²) in [5.41, 5.74) is 6.48. The number of halogens is 2. The van der Waals surface area contributed by atoms with Crippen molar-refractivity contribution >= 4 is 23.2 Å². The summed E-state index contributed by atoms with van der Waals surface area (Å²) in [6, 6.07) is 0. The topological polar surface area (TPSA) is 0 Å². The highest BCUT2D eigenvalue weighted by Crippen LogP contribution is 2.65. The van der Waals surface area contributed by atoms with Crippen LogP contribution in [0.4, 0.5) is 0 Å². The Morgan fingerprint density at radius 3 is 1.49 bits per heavy atom. The zero-order valence-corrected chi connectivity index (χ0v) is 25.0. The Morgan fingerprint density at radius 1 is 0.757 bits per heavy atom. The van der Waals surface area contributed by atoms with Crippen LogP contribution in [0.25, 0.3) is 0 Å². The first-order chi connectivity index (χ1) is 17.7. The maximum atomic E-state index is 5.30. The van der Waals surface area contributed by atoms with Gasteiger partial charge < -0.3 is 0 Å². The van der Waals surface area contributed by atoms with Gasteiger partial charge in [-0.2, -0.15) is 0 Å². The fourth-order valence-corrected chi connectivity index (χ4v) is 7.23. The number of alkyl halides is 2. The molecule has 0 aromatic carbocycles. The zero-order chi connectivity index (χ0) is 26.9. The van der Waals surface area contributed by atoms with E-state index in [2.05, 4.69) is 68.7 Å². The smallest absolute Gasteiger partial charge is 0.102 e. The molecule has 0 N–H and O–H groups in total. The fraction of sp³-hybridized carbons (Fsp3) is 0.543. The Kier molecular flexibility index (Phi) is 11.4. The summed E-state index contributed by atoms with van der Waals surface area (Å²) in [7, 11) is 0. The van der Waals surface area contributed by atoms with Crippen molar-refractivity contribution in [3.8, 4) is 0 Å². The summed E-state index contributed by atoms with van der Waals surface area (Å²) in [6.45, 7) is 13.8. The molecule has 0 bridgehead atoms. The van der Waals surface area contributed by atoms with Gasteiger partial charge in [0.1, 0.15) is 4.33 Å². The van der Waals surface area contributed by atoms with Gasteiger partial charge in [-0.05, 0) is 79.6 Å². The monoisotopic (exact) mass is 538 g/mol. The maximum Gasteiger partial charge on any atom is 0.112 e. The van der Waals surface area contributed by atoms with Crippen molar-refractivity contribution in [3.05, 3.63) is 96.2 Å². The van der Waals surface area contributed by atoms with Crippen molar-refractivity contribution in [1.29, 1.82) is 0 Å². The second-order valence-corrected chi connectivity index (χ2v) is 13.8. The lowest BCUT2D eigenvalue weighted by Gasteiger charge is -2.39. The second-order valence-electron chi connectivity index (χ2n) is 11.7. The molecule has 2 heteroatoms. The molecular formula is C35H48Cl2. The van der Waals surface area contributed by atoms with Crippen LogP contribution in [-0.2, 0) is 0 Å². The van der Waals surface area contributed by atoms with Crippen LogP contribution < -0.4 is 0 Å². The van der Waals surface area contributed by atoms with E-state index in [0.717, 1.165) is 5.92 Å². The van der Waals surface area contributed by atoms with E-state index in [-0.39, 0.29) is 5.41 Å². The number of allylic oxidation sites excluding steroid dienone is 14. The molecule has 0 spiro atoms. The summed E-state index contributed by atoms with van der Waals surface area (Å²) in [6.07, 6.45) is 37.5. The summed E-state index contributed by atoms with van der Waals surface area (Å²) in [5, 5.41) is 0. The van der Waals surface area contributed by atoms with Crippen LogP contribution in [0, 0.1) is 23.2 Å². The molecule has 2 atom stereocenters. The number of fused-ring (bicyclic) bond motifs is 3. The van der Waals surface area contributed by atoms with E-state index in [1.165, 1.54) is 81.8 Å². The van der Waals surface area contributed by atoms with Crippen LogP contribution in [-0.4, -0.2) is 4.33 Å². The Balaban J connectivity index is 0.000000320. The van der Waals surface area contributed by atoms with Gasteiger partial charge in [0.25, 0.3) is 0 Å². The minimum Gasteiger partial charge on any atom is -0.102 e. The summed E-state index contributed by atoms with van der Waals surface area (Å²) >= 11 is 10.6. The van der Waals surface area contributed by atoms with Gasteiger partial charge in [0.2, 0.25) is 0 Å². The first kappa shape index (κ1) is 30.0. The third kappa shape index (κ3) is 7.77. The Morgan fingerprint density at radius 2 is 1.14 bits per heavy atom. The van der Waals surface area contributed by atoms with E-state index in [1.807, 2.05) is 12.2 Å². The van der Waals surface area contributed by atoms with Crippen molar-refractivity contribution in [3.63, 3.8) is 0 Å². The second kappa shape index (κ2) is 14.0. The van der Waals surface area contributed by atoms with E-state index in [4.69, 9.17) is 23.2 Å². The zero-order valence-electron chi connectivity index (χ0n) is 23.5. The standard InChI is InChI=1S/C27H32.C5H10.C3H6Cl2/c1-4-6-12-20-14-10-18-23-24-19-11-15-21(13-7-5-2)26(24)27(3,25(20)23)22-16-8-9-17-22;1-2-4-5-3-1;1-3(2,4)5/h4-7,10-15,22-24H,1-2,8-9,16-19H2,3H3;1-5H2;1-2H3. The first-order valence-electron chi connectivity index (χ1n) is 14.5. The molecule has 0 heterocycles. The lowest BCUT2D eigenvalue weighted by atomic mass is 9.65. The van der Waals surface area contributed by atoms with Crippen LogP contribution >= 0.6 is 23.2 Å². The van der Waals surface area contributed by atoms with Gasteiger partial charge in [-0.25, -0.2) is 0 Å². The van der Waals surface area contributed by atoms with Crippen LogP contribution in [0.15, 0.2) is 96.2 Å². The predicted molar refractivity (Wildman–Crippen MR) is 166 cm³/mol. The third-order valence-electron chi connectivity index (χ3n) is 8.59. The fourth-order valence-electron chi connectivity index (χ4n) is 7.23. The minimum atomic E-state index is -0.556. The highest BCUT2D eigenvalue weighted by molar-refractivity contribution is 6.47. The number of hydrogen-bond acceptors (Lipinski definition) is 0. The molecule has 0 radical (unpaired) electrons. The van der Waals surface area contributed by atoms with Crippen LogP contribution in [0.3, 0.4) is 0 Å². The molecule has 37 heavy (non-hydrogen) atoms. The highest BCUT2D eigenvalue weighted by Gasteiger charge is 2.55. The molecule has 5 aliphatic carbocycles. The Labute approximate surface area is 237 Å². The highest BCUT2D eigenvalue weighted by atomic mass is 35.5. The van der Waals surface area contributed by atoms with Crippen molar-refractivity contribution in [1.82, 2.24) is 0 Å². The van der Waals surface area contributed by atoms with E-state index >= 15 is 0 Å². The van der Waals surface area contributed by atoms with Gasteiger partial charge in [0, 0.05) is 5.41 Å². The average molecular weight is 540 g/mol. The average Bonchev–Trinajstić information content (AvgIpc) is 3.64. The Hall–Kier alpha value is -1.50. The molecule has 0 aromatic rings. The van der Waals surface area contributed by atoms with E-state index < -0.39 is 4.33 Å². The van der Waals surface area contributed by atoms with E-state index in [0.29, 0.717) is 11.8 Å². The minimum absolute atomic E-state index is 0.184. The maximum absolute atomic E-state index is 5.30. The molecule has 5 aliphatic rings. The predicted octanol–water partition coefficient (Wildman–Crippen LogP) is 11.6. The van der Waals surface area contributed by atoms with Crippen LogP contribution in [0.5, 0.6) is 0 Å². The lowest BCUT2D eigenvalue weighted by molar-refractivity contribution is 0.297. The summed E-state index contributed by atoms with van der Waals surface area (Å²) in [5.74, 6) is 2.07. The van der Waals surface area contributed by atoms with Gasteiger partial charge >= 0.3 is 0 Å². The normalized spacial score (nSPS) is 29.2. The molecule has 0 aliphatic heterocycles. The Bertz CT molecular complexity index is 894. The van der Waals surface area contributed by atoms with E-state index in [9.17, 15) is 0 Å². The lowest BCUT2D eigenvalue weighted by Crippen LogP contribution is -2.29. The molecule has 0 aromatic heterocycles. The first-order valence-corrected chi connectivity index (χ1v) is 15.3. The van der Waals surface area contributed by atoms with Crippen molar-refractivity contribution in [2.75, 3.05) is 0 Å². The van der Waals surface area contributed by atoms with E-state index in [1.54, 1.807) is 25.0 Å². The van der Waals surface area contributed by atoms with Crippen LogP contribution in [0.1, 0.15) is 91.4 Å². The molecular weight excluding hydrogens is 491 g/mol. The largest absolute Gasteiger partial charge is 0.112 e. The molecule has 5 rings (SSSR count). The molecule has 0 amide bonds. The van der Waals surface area contributed by atoms with Crippen molar-refractivity contribution in [2.24, 2.45) is 23.2 Å². The quantitative estimate of drug-likeness (QED) is 0.241. The van der Waals surface area contributed by atoms with Gasteiger partial charge in [-0.1, -0.05) is 126 Å². The molecule has 3 fully saturated rings. The number of rotatable bonds is 5. The van der Waals surface area contributed by atoms with Gasteiger partial charge in [-0.3, -0.25) is 0 Å². The molecule has 0 saturated heterocycles. The van der Waals surface area contributed by atoms with Gasteiger partial charge in [-0.15, -0.1) is 23.2 Å². The SMILES string of the molecule is C1CCCC1.C=CC=CC1=C2C(CC=C1)C1CC=CC(C=CC=C)=C1C2(C)C1CCCC1.CC(C)(Cl)Cl. The number of hydrogen-bond donors (Lipinski definition) is 0. The van der Waals surface area contributed by atoms with Gasteiger partial charge in [0.05, 0.1) is 0 Å². The third-order valence-corrected chi connectivity index (χ3v) is 8.59. The van der Waals surface area contributed by atoms with Crippen molar-refractivity contribution in [2.45, 2.75) is 95.7 Å². The molecule has 202 valence electrons. The summed E-state index contributed by atoms with van der Waals surface area (Å²) < 4.78 is -0.556. The van der Waals surface area contributed by atoms with Crippen molar-refractivity contribution < 1.29 is 0 Å². The van der Waals surface area contributed by atoms with Gasteiger partial charge in [0.15, 0.2) is 0 Å². The molecule has 2 unspecified atom stereocenters. The molecule has 0 nitrogen and oxygen atoms in total. The summed E-state index contributed by atoms with van der Waals surface area (Å²) in [4.78, 5) is 0.